The van der Waals surface area contributed by atoms with Gasteiger partial charge in [0.05, 0.1) is 55.4 Å². The molecule has 0 aliphatic carbocycles. The maximum absolute atomic E-state index is 13.7. The lowest BCUT2D eigenvalue weighted by Crippen LogP contribution is -2.50. The molecule has 0 radical (unpaired) electrons. The van der Waals surface area contributed by atoms with Gasteiger partial charge in [0.1, 0.15) is 6.61 Å². The van der Waals surface area contributed by atoms with E-state index in [2.05, 4.69) is 25.3 Å². The number of aromatic nitrogens is 2. The lowest BCUT2D eigenvalue weighted by Gasteiger charge is -2.41. The van der Waals surface area contributed by atoms with Crippen molar-refractivity contribution >= 4 is 48.1 Å². The van der Waals surface area contributed by atoms with E-state index in [1.54, 1.807) is 17.6 Å². The van der Waals surface area contributed by atoms with E-state index >= 15 is 0 Å². The number of pyridine rings is 2. The number of ether oxygens (including phenoxy) is 5. The highest BCUT2D eigenvalue weighted by Gasteiger charge is 2.49. The van der Waals surface area contributed by atoms with Crippen molar-refractivity contribution in [1.82, 2.24) is 9.55 Å². The SMILES string of the molecule is CCC1(OC(=O)CCCC(=O)OCCOCCOC(O)CCCCC(S)CCS)c2cc3n(c(=O)c2COC1O)Cc1cc2ccccc2nc1-3. The molecule has 4 heterocycles. The predicted molar refractivity (Wildman–Crippen MR) is 197 cm³/mol. The number of thiol groups is 2. The van der Waals surface area contributed by atoms with E-state index in [1.807, 2.05) is 30.3 Å². The summed E-state index contributed by atoms with van der Waals surface area (Å²) in [5.74, 6) is -0.320. The van der Waals surface area contributed by atoms with Crippen LogP contribution in [0.3, 0.4) is 0 Å². The fourth-order valence-electron chi connectivity index (χ4n) is 6.54. The molecule has 2 aliphatic heterocycles. The Labute approximate surface area is 308 Å². The van der Waals surface area contributed by atoms with Crippen LogP contribution in [0.5, 0.6) is 0 Å². The number of rotatable bonds is 20. The zero-order valence-electron chi connectivity index (χ0n) is 29.0. The second-order valence-corrected chi connectivity index (χ2v) is 14.0. The van der Waals surface area contributed by atoms with Gasteiger partial charge in [-0.1, -0.05) is 31.5 Å². The van der Waals surface area contributed by atoms with Crippen molar-refractivity contribution in [1.29, 1.82) is 0 Å². The summed E-state index contributed by atoms with van der Waals surface area (Å²) in [6.45, 7) is 2.64. The number of aliphatic hydroxyl groups is 2. The third kappa shape index (κ3) is 9.72. The molecule has 0 saturated heterocycles. The standard InChI is InChI=1S/C37H48N2O10S2/c1-2-37(49-33(42)13-7-12-32(41)47-18-16-45-15-17-46-31(40)11-6-4-9-26(51)14-19-50)28-21-30-34-25(20-24-8-3-5-10-29(24)38-34)22-39(30)35(43)27(28)23-48-36(37)44/h3,5,8,10,20-21,26,31,36,40,44,50-51H,2,4,6-7,9,11-19,22-23H2,1H3. The molecule has 1 aromatic carbocycles. The van der Waals surface area contributed by atoms with Gasteiger partial charge in [0.15, 0.2) is 18.2 Å². The molecule has 0 bridgehead atoms. The van der Waals surface area contributed by atoms with Crippen LogP contribution < -0.4 is 5.56 Å². The number of nitrogens with zero attached hydrogens (tertiary/aromatic N) is 2. The topological polar surface area (TPSA) is 156 Å². The van der Waals surface area contributed by atoms with Crippen LogP contribution in [0.1, 0.15) is 81.4 Å². The Balaban J connectivity index is 1.05. The van der Waals surface area contributed by atoms with E-state index in [1.165, 1.54) is 0 Å². The minimum absolute atomic E-state index is 0.0208. The summed E-state index contributed by atoms with van der Waals surface area (Å²) in [6.07, 6.45) is 2.13. The molecule has 5 rings (SSSR count). The Morgan fingerprint density at radius 1 is 1.06 bits per heavy atom. The molecular weight excluding hydrogens is 697 g/mol. The molecule has 2 aliphatic rings. The highest BCUT2D eigenvalue weighted by Crippen LogP contribution is 2.43. The first-order chi connectivity index (χ1) is 24.7. The average molecular weight is 745 g/mol. The van der Waals surface area contributed by atoms with Gasteiger partial charge in [-0.2, -0.15) is 25.3 Å². The first-order valence-electron chi connectivity index (χ1n) is 17.7. The predicted octanol–water partition coefficient (Wildman–Crippen LogP) is 4.67. The van der Waals surface area contributed by atoms with Gasteiger partial charge in [-0.15, -0.1) is 0 Å². The quantitative estimate of drug-likeness (QED) is 0.0432. The molecule has 2 aromatic heterocycles. The Bertz CT molecular complexity index is 1720. The molecule has 51 heavy (non-hydrogen) atoms. The Hall–Kier alpha value is -2.98. The van der Waals surface area contributed by atoms with E-state index in [-0.39, 0.29) is 64.3 Å². The summed E-state index contributed by atoms with van der Waals surface area (Å²) in [5, 5.41) is 22.3. The van der Waals surface area contributed by atoms with E-state index in [0.717, 1.165) is 47.9 Å². The van der Waals surface area contributed by atoms with Gasteiger partial charge in [0.2, 0.25) is 0 Å². The van der Waals surface area contributed by atoms with Crippen LogP contribution in [0.2, 0.25) is 0 Å². The van der Waals surface area contributed by atoms with E-state index in [0.29, 0.717) is 40.7 Å². The van der Waals surface area contributed by atoms with Crippen LogP contribution in [0.4, 0.5) is 0 Å². The summed E-state index contributed by atoms with van der Waals surface area (Å²) in [7, 11) is 0. The number of para-hydroxylation sites is 1. The second kappa shape index (κ2) is 18.7. The molecule has 2 N–H and O–H groups in total. The number of hydrogen-bond acceptors (Lipinski definition) is 13. The molecular formula is C37H48N2O10S2. The molecule has 0 saturated carbocycles. The maximum Gasteiger partial charge on any atom is 0.306 e. The third-order valence-electron chi connectivity index (χ3n) is 9.33. The monoisotopic (exact) mass is 744 g/mol. The Kier molecular flexibility index (Phi) is 14.4. The minimum atomic E-state index is -1.61. The number of aliphatic hydroxyl groups excluding tert-OH is 2. The van der Waals surface area contributed by atoms with Gasteiger partial charge in [0.25, 0.3) is 5.56 Å². The van der Waals surface area contributed by atoms with Gasteiger partial charge >= 0.3 is 11.9 Å². The number of fused-ring (bicyclic) bond motifs is 5. The summed E-state index contributed by atoms with van der Waals surface area (Å²) < 4.78 is 29.1. The van der Waals surface area contributed by atoms with Crippen LogP contribution in [0, 0.1) is 0 Å². The Morgan fingerprint density at radius 2 is 1.82 bits per heavy atom. The molecule has 14 heteroatoms. The molecule has 4 unspecified atom stereocenters. The van der Waals surface area contributed by atoms with Crippen molar-refractivity contribution in [2.45, 2.75) is 101 Å². The van der Waals surface area contributed by atoms with Crippen LogP contribution in [-0.2, 0) is 52.0 Å². The first-order valence-corrected chi connectivity index (χ1v) is 18.8. The van der Waals surface area contributed by atoms with Gasteiger partial charge < -0.3 is 38.5 Å². The lowest BCUT2D eigenvalue weighted by atomic mass is 9.84. The molecule has 0 spiro atoms. The van der Waals surface area contributed by atoms with Crippen molar-refractivity contribution in [3.63, 3.8) is 0 Å². The van der Waals surface area contributed by atoms with Crippen LogP contribution in [0.15, 0.2) is 41.2 Å². The number of esters is 2. The number of unbranched alkanes of at least 4 members (excludes halogenated alkanes) is 1. The van der Waals surface area contributed by atoms with E-state index < -0.39 is 30.1 Å². The van der Waals surface area contributed by atoms with Gasteiger partial charge in [-0.3, -0.25) is 14.4 Å². The van der Waals surface area contributed by atoms with Crippen molar-refractivity contribution in [3.8, 4) is 11.4 Å². The summed E-state index contributed by atoms with van der Waals surface area (Å²) >= 11 is 8.71. The molecule has 4 atom stereocenters. The van der Waals surface area contributed by atoms with Crippen LogP contribution in [0.25, 0.3) is 22.3 Å². The Morgan fingerprint density at radius 3 is 2.63 bits per heavy atom. The average Bonchev–Trinajstić information content (AvgIpc) is 3.47. The molecule has 278 valence electrons. The fourth-order valence-corrected chi connectivity index (χ4v) is 7.37. The van der Waals surface area contributed by atoms with Crippen molar-refractivity contribution < 1.29 is 43.5 Å². The molecule has 0 fully saturated rings. The summed E-state index contributed by atoms with van der Waals surface area (Å²) in [6, 6.07) is 11.5. The fraction of sp³-hybridized carbons (Fsp3) is 0.568. The van der Waals surface area contributed by atoms with Gasteiger partial charge in [-0.25, -0.2) is 4.98 Å². The molecule has 3 aromatic rings. The summed E-state index contributed by atoms with van der Waals surface area (Å²) in [4.78, 5) is 43.9. The van der Waals surface area contributed by atoms with Crippen molar-refractivity contribution in [3.05, 3.63) is 63.4 Å². The first kappa shape index (κ1) is 39.2. The summed E-state index contributed by atoms with van der Waals surface area (Å²) in [5.41, 5.74) is 1.79. The highest BCUT2D eigenvalue weighted by atomic mass is 32.1. The largest absolute Gasteiger partial charge is 0.463 e. The number of hydrogen-bond donors (Lipinski definition) is 4. The zero-order valence-corrected chi connectivity index (χ0v) is 30.7. The second-order valence-electron chi connectivity index (χ2n) is 12.8. The maximum atomic E-state index is 13.7. The number of carbonyl (C=O) groups is 2. The lowest BCUT2D eigenvalue weighted by molar-refractivity contribution is -0.250. The number of benzene rings is 1. The van der Waals surface area contributed by atoms with Crippen molar-refractivity contribution in [2.75, 3.05) is 32.2 Å². The molecule has 12 nitrogen and oxygen atoms in total. The smallest absolute Gasteiger partial charge is 0.306 e. The number of carbonyl (C=O) groups excluding carboxylic acids is 2. The van der Waals surface area contributed by atoms with Crippen molar-refractivity contribution in [2.24, 2.45) is 0 Å². The van der Waals surface area contributed by atoms with E-state index in [4.69, 9.17) is 28.7 Å². The van der Waals surface area contributed by atoms with Crippen LogP contribution in [-0.4, -0.2) is 81.7 Å². The van der Waals surface area contributed by atoms with Gasteiger partial charge in [0, 0.05) is 34.6 Å². The normalized spacial score (nSPS) is 18.9. The highest BCUT2D eigenvalue weighted by molar-refractivity contribution is 7.81. The van der Waals surface area contributed by atoms with Gasteiger partial charge in [-0.05, 0) is 62.5 Å². The minimum Gasteiger partial charge on any atom is -0.463 e. The van der Waals surface area contributed by atoms with Crippen LogP contribution >= 0.6 is 25.3 Å². The third-order valence-corrected chi connectivity index (χ3v) is 10.1. The molecule has 0 amide bonds. The van der Waals surface area contributed by atoms with E-state index in [9.17, 15) is 24.6 Å². The zero-order chi connectivity index (χ0) is 36.4.